The van der Waals surface area contributed by atoms with Crippen LogP contribution in [0, 0.1) is 0 Å². The Hall–Kier alpha value is -0.940. The molecule has 2 atom stereocenters. The van der Waals surface area contributed by atoms with Gasteiger partial charge in [-0.1, -0.05) is 18.5 Å². The highest BCUT2D eigenvalue weighted by molar-refractivity contribution is 5.02. The van der Waals surface area contributed by atoms with Gasteiger partial charge in [0.25, 0.3) is 0 Å². The van der Waals surface area contributed by atoms with Crippen LogP contribution in [-0.2, 0) is 0 Å². The largest absolute Gasteiger partial charge is 0.338 e. The van der Waals surface area contributed by atoms with Crippen molar-refractivity contribution in [1.82, 2.24) is 20.4 Å². The van der Waals surface area contributed by atoms with Gasteiger partial charge in [-0.05, 0) is 38.9 Å². The van der Waals surface area contributed by atoms with Crippen LogP contribution >= 0.6 is 0 Å². The number of nitrogens with zero attached hydrogens (tertiary/aromatic N) is 3. The molecule has 5 heteroatoms. The number of hydrogen-bond acceptors (Lipinski definition) is 5. The minimum Gasteiger partial charge on any atom is -0.338 e. The number of hydrogen-bond donors (Lipinski definition) is 1. The lowest BCUT2D eigenvalue weighted by molar-refractivity contribution is 0.294. The Morgan fingerprint density at radius 3 is 3.06 bits per heavy atom. The van der Waals surface area contributed by atoms with E-state index >= 15 is 0 Å². The first-order valence-corrected chi connectivity index (χ1v) is 7.16. The molecule has 5 nitrogen and oxygen atoms in total. The molecule has 0 bridgehead atoms. The summed E-state index contributed by atoms with van der Waals surface area (Å²) >= 11 is 0. The first-order chi connectivity index (χ1) is 8.86. The molecule has 2 aliphatic heterocycles. The van der Waals surface area contributed by atoms with E-state index < -0.39 is 0 Å². The van der Waals surface area contributed by atoms with Gasteiger partial charge in [0.05, 0.1) is 6.04 Å². The third-order valence-electron chi connectivity index (χ3n) is 4.15. The van der Waals surface area contributed by atoms with E-state index in [0.29, 0.717) is 5.92 Å². The normalized spacial score (nSPS) is 29.8. The molecule has 1 aromatic rings. The number of rotatable bonds is 3. The number of piperidine rings is 1. The van der Waals surface area contributed by atoms with E-state index in [9.17, 15) is 0 Å². The van der Waals surface area contributed by atoms with Crippen LogP contribution in [0.4, 0.5) is 0 Å². The summed E-state index contributed by atoms with van der Waals surface area (Å²) in [6.07, 6.45) is 4.78. The molecule has 0 radical (unpaired) electrons. The van der Waals surface area contributed by atoms with Crippen LogP contribution in [0.1, 0.15) is 56.3 Å². The summed E-state index contributed by atoms with van der Waals surface area (Å²) in [5, 5.41) is 7.64. The Labute approximate surface area is 108 Å². The van der Waals surface area contributed by atoms with E-state index in [1.165, 1.54) is 12.8 Å². The summed E-state index contributed by atoms with van der Waals surface area (Å²) in [7, 11) is 0. The lowest BCUT2D eigenvalue weighted by atomic mass is 10.0. The molecule has 0 spiro atoms. The average molecular weight is 250 g/mol. The highest BCUT2D eigenvalue weighted by Gasteiger charge is 2.28. The van der Waals surface area contributed by atoms with Gasteiger partial charge in [-0.25, -0.2) is 0 Å². The fraction of sp³-hybridized carbons (Fsp3) is 0.846. The van der Waals surface area contributed by atoms with Crippen molar-refractivity contribution in [3.8, 4) is 0 Å². The monoisotopic (exact) mass is 250 g/mol. The van der Waals surface area contributed by atoms with Gasteiger partial charge in [0, 0.05) is 12.5 Å². The van der Waals surface area contributed by atoms with Crippen molar-refractivity contribution in [2.45, 2.75) is 44.6 Å². The van der Waals surface area contributed by atoms with Crippen LogP contribution in [0.15, 0.2) is 4.52 Å². The average Bonchev–Trinajstić information content (AvgIpc) is 3.08. The molecule has 100 valence electrons. The predicted octanol–water partition coefficient (Wildman–Crippen LogP) is 1.69. The summed E-state index contributed by atoms with van der Waals surface area (Å²) in [4.78, 5) is 7.06. The van der Waals surface area contributed by atoms with Crippen LogP contribution in [0.25, 0.3) is 0 Å². The lowest BCUT2D eigenvalue weighted by Gasteiger charge is -2.19. The van der Waals surface area contributed by atoms with Gasteiger partial charge in [0.2, 0.25) is 5.89 Å². The van der Waals surface area contributed by atoms with Gasteiger partial charge < -0.3 is 14.7 Å². The SMILES string of the molecule is CCN1CCC(c2noc(C3CCCCN3)n2)C1. The first-order valence-electron chi connectivity index (χ1n) is 7.16. The van der Waals surface area contributed by atoms with Gasteiger partial charge in [0.15, 0.2) is 5.82 Å². The van der Waals surface area contributed by atoms with Crippen molar-refractivity contribution < 1.29 is 4.52 Å². The molecule has 2 unspecified atom stereocenters. The molecule has 1 aromatic heterocycles. The number of likely N-dealkylation sites (N-methyl/N-ethyl adjacent to an activating group) is 1. The second-order valence-electron chi connectivity index (χ2n) is 5.37. The van der Waals surface area contributed by atoms with Crippen molar-refractivity contribution in [3.63, 3.8) is 0 Å². The van der Waals surface area contributed by atoms with Crippen molar-refractivity contribution in [2.24, 2.45) is 0 Å². The van der Waals surface area contributed by atoms with Crippen LogP contribution in [-0.4, -0.2) is 41.2 Å². The molecular weight excluding hydrogens is 228 g/mol. The highest BCUT2D eigenvalue weighted by atomic mass is 16.5. The third kappa shape index (κ3) is 2.42. The van der Waals surface area contributed by atoms with E-state index in [-0.39, 0.29) is 6.04 Å². The zero-order valence-electron chi connectivity index (χ0n) is 11.1. The third-order valence-corrected chi connectivity index (χ3v) is 4.15. The highest BCUT2D eigenvalue weighted by Crippen LogP contribution is 2.27. The number of likely N-dealkylation sites (tertiary alicyclic amines) is 1. The zero-order valence-corrected chi connectivity index (χ0v) is 11.1. The predicted molar refractivity (Wildman–Crippen MR) is 68.4 cm³/mol. The summed E-state index contributed by atoms with van der Waals surface area (Å²) in [5.74, 6) is 2.17. The number of aromatic nitrogens is 2. The Balaban J connectivity index is 1.66. The van der Waals surface area contributed by atoms with E-state index in [0.717, 1.165) is 50.7 Å². The van der Waals surface area contributed by atoms with Gasteiger partial charge >= 0.3 is 0 Å². The Kier molecular flexibility index (Phi) is 3.61. The van der Waals surface area contributed by atoms with Gasteiger partial charge in [0.1, 0.15) is 0 Å². The Bertz CT molecular complexity index is 386. The minimum absolute atomic E-state index is 0.281. The summed E-state index contributed by atoms with van der Waals surface area (Å²) in [6.45, 7) is 6.62. The molecule has 2 aliphatic rings. The van der Waals surface area contributed by atoms with Gasteiger partial charge in [-0.2, -0.15) is 4.98 Å². The molecular formula is C13H22N4O. The van der Waals surface area contributed by atoms with Gasteiger partial charge in [-0.3, -0.25) is 0 Å². The summed E-state index contributed by atoms with van der Waals surface area (Å²) < 4.78 is 5.44. The molecule has 0 aliphatic carbocycles. The van der Waals surface area contributed by atoms with Crippen molar-refractivity contribution in [3.05, 3.63) is 11.7 Å². The fourth-order valence-electron chi connectivity index (χ4n) is 2.95. The van der Waals surface area contributed by atoms with E-state index in [1.807, 2.05) is 0 Å². The minimum atomic E-state index is 0.281. The molecule has 0 amide bonds. The second-order valence-corrected chi connectivity index (χ2v) is 5.37. The Morgan fingerprint density at radius 1 is 1.39 bits per heavy atom. The molecule has 2 saturated heterocycles. The molecule has 3 rings (SSSR count). The summed E-state index contributed by atoms with van der Waals surface area (Å²) in [5.41, 5.74) is 0. The number of nitrogens with one attached hydrogen (secondary N) is 1. The Morgan fingerprint density at radius 2 is 2.33 bits per heavy atom. The topological polar surface area (TPSA) is 54.2 Å². The van der Waals surface area contributed by atoms with Crippen molar-refractivity contribution in [1.29, 1.82) is 0 Å². The molecule has 18 heavy (non-hydrogen) atoms. The van der Waals surface area contributed by atoms with Crippen LogP contribution < -0.4 is 5.32 Å². The maximum atomic E-state index is 5.44. The quantitative estimate of drug-likeness (QED) is 0.884. The molecule has 1 N–H and O–H groups in total. The maximum Gasteiger partial charge on any atom is 0.243 e. The fourth-order valence-corrected chi connectivity index (χ4v) is 2.95. The molecule has 3 heterocycles. The van der Waals surface area contributed by atoms with E-state index in [4.69, 9.17) is 4.52 Å². The standard InChI is InChI=1S/C13H22N4O/c1-2-17-8-6-10(9-17)12-15-13(18-16-12)11-5-3-4-7-14-11/h10-11,14H,2-9H2,1H3. The van der Waals surface area contributed by atoms with E-state index in [1.54, 1.807) is 0 Å². The first kappa shape index (κ1) is 12.1. The summed E-state index contributed by atoms with van der Waals surface area (Å²) in [6, 6.07) is 0.281. The van der Waals surface area contributed by atoms with Crippen LogP contribution in [0.5, 0.6) is 0 Å². The molecule has 2 fully saturated rings. The van der Waals surface area contributed by atoms with Gasteiger partial charge in [-0.15, -0.1) is 0 Å². The smallest absolute Gasteiger partial charge is 0.243 e. The van der Waals surface area contributed by atoms with Crippen molar-refractivity contribution >= 4 is 0 Å². The molecule has 0 saturated carbocycles. The van der Waals surface area contributed by atoms with Crippen molar-refractivity contribution in [2.75, 3.05) is 26.2 Å². The van der Waals surface area contributed by atoms with E-state index in [2.05, 4.69) is 27.3 Å². The zero-order chi connectivity index (χ0) is 12.4. The molecule has 0 aromatic carbocycles. The van der Waals surface area contributed by atoms with Crippen LogP contribution in [0.2, 0.25) is 0 Å². The maximum absolute atomic E-state index is 5.44. The lowest BCUT2D eigenvalue weighted by Crippen LogP contribution is -2.27. The van der Waals surface area contributed by atoms with Crippen LogP contribution in [0.3, 0.4) is 0 Å². The second kappa shape index (κ2) is 5.36.